The molecule has 2 heterocycles. The summed E-state index contributed by atoms with van der Waals surface area (Å²) in [6.45, 7) is 4.84. The summed E-state index contributed by atoms with van der Waals surface area (Å²) in [5.41, 5.74) is 1.12. The van der Waals surface area contributed by atoms with Gasteiger partial charge in [0.1, 0.15) is 0 Å². The lowest BCUT2D eigenvalue weighted by Crippen LogP contribution is -2.16. The molecule has 1 N–H and O–H groups in total. The fourth-order valence-electron chi connectivity index (χ4n) is 1.54. The van der Waals surface area contributed by atoms with Crippen LogP contribution in [0.5, 0.6) is 0 Å². The first kappa shape index (κ1) is 14.0. The van der Waals surface area contributed by atoms with E-state index in [2.05, 4.69) is 61.9 Å². The standard InChI is InChI=1S/C12H16BrN3S2/c1-3-14-5-10-8-18-12(15-10)16(2)6-11-4-9(13)7-17-11/h4,7-8,14H,3,5-6H2,1-2H3. The Labute approximate surface area is 124 Å². The second-order valence-electron chi connectivity index (χ2n) is 3.99. The van der Waals surface area contributed by atoms with E-state index in [-0.39, 0.29) is 0 Å². The lowest BCUT2D eigenvalue weighted by molar-refractivity contribution is 0.713. The maximum atomic E-state index is 4.63. The molecule has 0 aliphatic rings. The number of nitrogens with zero attached hydrogens (tertiary/aromatic N) is 2. The zero-order valence-electron chi connectivity index (χ0n) is 10.4. The van der Waals surface area contributed by atoms with Gasteiger partial charge < -0.3 is 10.2 Å². The highest BCUT2D eigenvalue weighted by molar-refractivity contribution is 9.10. The summed E-state index contributed by atoms with van der Waals surface area (Å²) in [5, 5.41) is 8.60. The quantitative estimate of drug-likeness (QED) is 0.864. The Morgan fingerprint density at radius 1 is 1.39 bits per heavy atom. The molecule has 0 bridgehead atoms. The van der Waals surface area contributed by atoms with Crippen LogP contribution in [0.3, 0.4) is 0 Å². The van der Waals surface area contributed by atoms with Crippen molar-refractivity contribution >= 4 is 43.7 Å². The molecule has 2 aromatic heterocycles. The molecular weight excluding hydrogens is 330 g/mol. The minimum Gasteiger partial charge on any atom is -0.346 e. The van der Waals surface area contributed by atoms with E-state index in [0.717, 1.165) is 34.9 Å². The van der Waals surface area contributed by atoms with Crippen molar-refractivity contribution in [3.63, 3.8) is 0 Å². The fraction of sp³-hybridized carbons (Fsp3) is 0.417. The fourth-order valence-corrected chi connectivity index (χ4v) is 3.84. The van der Waals surface area contributed by atoms with E-state index >= 15 is 0 Å². The summed E-state index contributed by atoms with van der Waals surface area (Å²) in [7, 11) is 2.09. The Balaban J connectivity index is 1.96. The highest BCUT2D eigenvalue weighted by Crippen LogP contribution is 2.25. The predicted molar refractivity (Wildman–Crippen MR) is 83.6 cm³/mol. The second kappa shape index (κ2) is 6.65. The molecule has 0 aliphatic heterocycles. The molecule has 98 valence electrons. The molecule has 0 spiro atoms. The van der Waals surface area contributed by atoms with Gasteiger partial charge in [-0.3, -0.25) is 0 Å². The molecule has 3 nitrogen and oxygen atoms in total. The number of nitrogens with one attached hydrogen (secondary N) is 1. The molecule has 0 aliphatic carbocycles. The van der Waals surface area contributed by atoms with Gasteiger partial charge in [-0.15, -0.1) is 22.7 Å². The van der Waals surface area contributed by atoms with Gasteiger partial charge in [-0.1, -0.05) is 6.92 Å². The van der Waals surface area contributed by atoms with Gasteiger partial charge in [0.15, 0.2) is 5.13 Å². The van der Waals surface area contributed by atoms with Crippen LogP contribution in [-0.2, 0) is 13.1 Å². The third kappa shape index (κ3) is 3.78. The molecule has 6 heteroatoms. The highest BCUT2D eigenvalue weighted by atomic mass is 79.9. The summed E-state index contributed by atoms with van der Waals surface area (Å²) in [6, 6.07) is 2.16. The van der Waals surface area contributed by atoms with E-state index < -0.39 is 0 Å². The Morgan fingerprint density at radius 2 is 2.22 bits per heavy atom. The number of hydrogen-bond donors (Lipinski definition) is 1. The van der Waals surface area contributed by atoms with E-state index in [1.54, 1.807) is 22.7 Å². The molecule has 2 rings (SSSR count). The van der Waals surface area contributed by atoms with Crippen LogP contribution in [0.4, 0.5) is 5.13 Å². The smallest absolute Gasteiger partial charge is 0.185 e. The maximum absolute atomic E-state index is 4.63. The Hall–Kier alpha value is -0.430. The van der Waals surface area contributed by atoms with Crippen LogP contribution in [0, 0.1) is 0 Å². The van der Waals surface area contributed by atoms with E-state index in [4.69, 9.17) is 0 Å². The van der Waals surface area contributed by atoms with Crippen LogP contribution in [0.25, 0.3) is 0 Å². The van der Waals surface area contributed by atoms with Crippen LogP contribution in [0.1, 0.15) is 17.5 Å². The Morgan fingerprint density at radius 3 is 2.89 bits per heavy atom. The van der Waals surface area contributed by atoms with E-state index in [1.165, 1.54) is 4.88 Å². The Kier molecular flexibility index (Phi) is 5.17. The zero-order valence-corrected chi connectivity index (χ0v) is 13.7. The number of halogens is 1. The van der Waals surface area contributed by atoms with Gasteiger partial charge in [0.25, 0.3) is 0 Å². The topological polar surface area (TPSA) is 28.2 Å². The zero-order chi connectivity index (χ0) is 13.0. The van der Waals surface area contributed by atoms with Crippen LogP contribution in [0.2, 0.25) is 0 Å². The molecule has 18 heavy (non-hydrogen) atoms. The normalized spacial score (nSPS) is 10.8. The van der Waals surface area contributed by atoms with Gasteiger partial charge in [0, 0.05) is 33.7 Å². The van der Waals surface area contributed by atoms with Crippen molar-refractivity contribution < 1.29 is 0 Å². The third-order valence-electron chi connectivity index (χ3n) is 2.44. The van der Waals surface area contributed by atoms with Crippen molar-refractivity contribution in [2.45, 2.75) is 20.0 Å². The largest absolute Gasteiger partial charge is 0.346 e. The van der Waals surface area contributed by atoms with Crippen molar-refractivity contribution in [1.29, 1.82) is 0 Å². The van der Waals surface area contributed by atoms with Gasteiger partial charge in [-0.2, -0.15) is 0 Å². The molecule has 0 aromatic carbocycles. The second-order valence-corrected chi connectivity index (χ2v) is 6.74. The van der Waals surface area contributed by atoms with Gasteiger partial charge in [-0.25, -0.2) is 4.98 Å². The van der Waals surface area contributed by atoms with E-state index in [0.29, 0.717) is 0 Å². The number of thiazole rings is 1. The first-order chi connectivity index (χ1) is 8.69. The summed E-state index contributed by atoms with van der Waals surface area (Å²) < 4.78 is 1.16. The lowest BCUT2D eigenvalue weighted by Gasteiger charge is -2.14. The minimum absolute atomic E-state index is 0.853. The van der Waals surface area contributed by atoms with Crippen LogP contribution < -0.4 is 10.2 Å². The molecule has 0 unspecified atom stereocenters. The van der Waals surface area contributed by atoms with Crippen LogP contribution in [-0.4, -0.2) is 18.6 Å². The average molecular weight is 346 g/mol. The predicted octanol–water partition coefficient (Wildman–Crippen LogP) is 3.71. The van der Waals surface area contributed by atoms with Crippen molar-refractivity contribution in [1.82, 2.24) is 10.3 Å². The Bertz CT molecular complexity index is 495. The first-order valence-corrected chi connectivity index (χ1v) is 8.33. The number of thiophene rings is 1. The number of aromatic nitrogens is 1. The number of hydrogen-bond acceptors (Lipinski definition) is 5. The van der Waals surface area contributed by atoms with Gasteiger partial charge in [0.05, 0.1) is 12.2 Å². The van der Waals surface area contributed by atoms with Crippen molar-refractivity contribution in [2.75, 3.05) is 18.5 Å². The van der Waals surface area contributed by atoms with Gasteiger partial charge in [0.2, 0.25) is 0 Å². The average Bonchev–Trinajstić information content (AvgIpc) is 2.96. The van der Waals surface area contributed by atoms with Crippen LogP contribution in [0.15, 0.2) is 21.3 Å². The first-order valence-electron chi connectivity index (χ1n) is 5.78. The summed E-state index contributed by atoms with van der Waals surface area (Å²) in [6.07, 6.45) is 0. The monoisotopic (exact) mass is 345 g/mol. The third-order valence-corrected chi connectivity index (χ3v) is 5.12. The minimum atomic E-state index is 0.853. The lowest BCUT2D eigenvalue weighted by atomic mass is 10.4. The van der Waals surface area contributed by atoms with Crippen LogP contribution >= 0.6 is 38.6 Å². The summed E-state index contributed by atoms with van der Waals surface area (Å²) >= 11 is 6.95. The molecule has 0 radical (unpaired) electrons. The molecule has 0 fully saturated rings. The van der Waals surface area contributed by atoms with Gasteiger partial charge in [-0.05, 0) is 28.5 Å². The molecule has 0 saturated heterocycles. The SMILES string of the molecule is CCNCc1csc(N(C)Cc2cc(Br)cs2)n1. The number of anilines is 1. The summed E-state index contributed by atoms with van der Waals surface area (Å²) in [5.74, 6) is 0. The van der Waals surface area contributed by atoms with Crippen molar-refractivity contribution in [3.05, 3.63) is 31.9 Å². The maximum Gasteiger partial charge on any atom is 0.185 e. The molecule has 0 amide bonds. The molecule has 2 aromatic rings. The van der Waals surface area contributed by atoms with Gasteiger partial charge >= 0.3 is 0 Å². The molecule has 0 atom stereocenters. The summed E-state index contributed by atoms with van der Waals surface area (Å²) in [4.78, 5) is 8.16. The molecule has 0 saturated carbocycles. The van der Waals surface area contributed by atoms with E-state index in [9.17, 15) is 0 Å². The highest BCUT2D eigenvalue weighted by Gasteiger charge is 2.08. The van der Waals surface area contributed by atoms with Crippen molar-refractivity contribution in [3.8, 4) is 0 Å². The van der Waals surface area contributed by atoms with Crippen molar-refractivity contribution in [2.24, 2.45) is 0 Å². The molecular formula is C12H16BrN3S2. The number of rotatable bonds is 6. The van der Waals surface area contributed by atoms with E-state index in [1.807, 2.05) is 0 Å².